The molecule has 1 aromatic rings. The highest BCUT2D eigenvalue weighted by Gasteiger charge is 2.29. The van der Waals surface area contributed by atoms with E-state index in [1.54, 1.807) is 0 Å². The smallest absolute Gasteiger partial charge is 0.0702 e. The van der Waals surface area contributed by atoms with Crippen molar-refractivity contribution in [1.82, 2.24) is 4.90 Å². The van der Waals surface area contributed by atoms with Crippen LogP contribution in [0.5, 0.6) is 0 Å². The van der Waals surface area contributed by atoms with Crippen molar-refractivity contribution in [2.45, 2.75) is 26.0 Å². The Bertz CT molecular complexity index is 458. The molecule has 0 amide bonds. The molecule has 4 nitrogen and oxygen atoms in total. The summed E-state index contributed by atoms with van der Waals surface area (Å²) in [6.45, 7) is 8.18. The summed E-state index contributed by atoms with van der Waals surface area (Å²) < 4.78 is 5.43. The number of hydrogen-bond donors (Lipinski definition) is 1. The second-order valence-electron chi connectivity index (χ2n) is 5.83. The number of aryl methyl sites for hydroxylation is 1. The third-order valence-corrected chi connectivity index (χ3v) is 4.47. The van der Waals surface area contributed by atoms with Gasteiger partial charge >= 0.3 is 0 Å². The van der Waals surface area contributed by atoms with Gasteiger partial charge < -0.3 is 14.7 Å². The van der Waals surface area contributed by atoms with Gasteiger partial charge in [0.2, 0.25) is 0 Å². The third kappa shape index (κ3) is 2.82. The Morgan fingerprint density at radius 2 is 2.05 bits per heavy atom. The lowest BCUT2D eigenvalue weighted by Gasteiger charge is -2.32. The van der Waals surface area contributed by atoms with Crippen LogP contribution >= 0.6 is 0 Å². The zero-order valence-corrected chi connectivity index (χ0v) is 12.2. The topological polar surface area (TPSA) is 35.9 Å². The number of hydrogen-bond acceptors (Lipinski definition) is 4. The Morgan fingerprint density at radius 3 is 2.80 bits per heavy atom. The minimum Gasteiger partial charge on any atom is -0.392 e. The van der Waals surface area contributed by atoms with E-state index in [4.69, 9.17) is 4.74 Å². The number of anilines is 1. The summed E-state index contributed by atoms with van der Waals surface area (Å²) in [7, 11) is 0. The van der Waals surface area contributed by atoms with E-state index in [1.807, 2.05) is 0 Å². The fourth-order valence-electron chi connectivity index (χ4n) is 3.35. The van der Waals surface area contributed by atoms with Crippen molar-refractivity contribution in [1.29, 1.82) is 0 Å². The molecule has 110 valence electrons. The molecule has 0 aliphatic carbocycles. The molecule has 0 bridgehead atoms. The lowest BCUT2D eigenvalue weighted by atomic mass is 10.1. The van der Waals surface area contributed by atoms with Gasteiger partial charge in [0.15, 0.2) is 0 Å². The van der Waals surface area contributed by atoms with Crippen LogP contribution in [0.15, 0.2) is 18.2 Å². The van der Waals surface area contributed by atoms with Gasteiger partial charge in [-0.2, -0.15) is 0 Å². The van der Waals surface area contributed by atoms with Gasteiger partial charge in [-0.1, -0.05) is 17.7 Å². The van der Waals surface area contributed by atoms with Gasteiger partial charge in [0.25, 0.3) is 0 Å². The van der Waals surface area contributed by atoms with Crippen LogP contribution in [-0.4, -0.2) is 55.4 Å². The van der Waals surface area contributed by atoms with Crippen LogP contribution in [0.25, 0.3) is 0 Å². The van der Waals surface area contributed by atoms with Crippen LogP contribution < -0.4 is 4.90 Å². The highest BCUT2D eigenvalue weighted by atomic mass is 16.5. The largest absolute Gasteiger partial charge is 0.392 e. The molecular weight excluding hydrogens is 252 g/mol. The number of ether oxygens (including phenoxy) is 1. The summed E-state index contributed by atoms with van der Waals surface area (Å²) in [6.07, 6.45) is 1.21. The van der Waals surface area contributed by atoms with Crippen molar-refractivity contribution < 1.29 is 9.84 Å². The zero-order valence-electron chi connectivity index (χ0n) is 12.2. The van der Waals surface area contributed by atoms with Crippen molar-refractivity contribution in [3.8, 4) is 0 Å². The molecule has 1 unspecified atom stereocenters. The molecule has 2 aliphatic rings. The third-order valence-electron chi connectivity index (χ3n) is 4.47. The number of morpholine rings is 1. The molecule has 1 aromatic carbocycles. The Labute approximate surface area is 120 Å². The van der Waals surface area contributed by atoms with Gasteiger partial charge in [0.1, 0.15) is 0 Å². The molecule has 0 aromatic heterocycles. The molecule has 1 atom stereocenters. The maximum atomic E-state index is 9.56. The van der Waals surface area contributed by atoms with Crippen LogP contribution in [-0.2, 0) is 11.3 Å². The molecule has 2 fully saturated rings. The fraction of sp³-hybridized carbons (Fsp3) is 0.625. The predicted molar refractivity (Wildman–Crippen MR) is 80.1 cm³/mol. The highest BCUT2D eigenvalue weighted by molar-refractivity contribution is 5.55. The molecule has 0 spiro atoms. The van der Waals surface area contributed by atoms with E-state index in [-0.39, 0.29) is 6.61 Å². The quantitative estimate of drug-likeness (QED) is 0.905. The van der Waals surface area contributed by atoms with Crippen molar-refractivity contribution in [2.24, 2.45) is 0 Å². The van der Waals surface area contributed by atoms with E-state index in [1.165, 1.54) is 17.7 Å². The first-order valence-electron chi connectivity index (χ1n) is 7.55. The van der Waals surface area contributed by atoms with E-state index >= 15 is 0 Å². The lowest BCUT2D eigenvalue weighted by molar-refractivity contribution is 0.0209. The Hall–Kier alpha value is -1.10. The minimum atomic E-state index is 0.121. The highest BCUT2D eigenvalue weighted by Crippen LogP contribution is 2.27. The van der Waals surface area contributed by atoms with E-state index < -0.39 is 0 Å². The molecule has 20 heavy (non-hydrogen) atoms. The molecule has 4 heteroatoms. The Balaban J connectivity index is 1.70. The van der Waals surface area contributed by atoms with Crippen LogP contribution in [0, 0.1) is 6.92 Å². The number of rotatable bonds is 3. The van der Waals surface area contributed by atoms with Crippen LogP contribution in [0.4, 0.5) is 5.69 Å². The van der Waals surface area contributed by atoms with Gasteiger partial charge in [-0.15, -0.1) is 0 Å². The average molecular weight is 276 g/mol. The van der Waals surface area contributed by atoms with Gasteiger partial charge in [0.05, 0.1) is 19.8 Å². The standard InChI is InChI=1S/C16H24N2O2/c1-13-2-3-16(14(10-13)12-19)18-5-4-15(11-18)17-6-8-20-9-7-17/h2-3,10,15,19H,4-9,11-12H2,1H3. The van der Waals surface area contributed by atoms with Crippen molar-refractivity contribution in [2.75, 3.05) is 44.3 Å². The summed E-state index contributed by atoms with van der Waals surface area (Å²) in [5.74, 6) is 0. The van der Waals surface area contributed by atoms with Gasteiger partial charge in [0, 0.05) is 43.5 Å². The average Bonchev–Trinajstić information content (AvgIpc) is 2.97. The monoisotopic (exact) mass is 276 g/mol. The Morgan fingerprint density at radius 1 is 1.25 bits per heavy atom. The molecule has 2 heterocycles. The summed E-state index contributed by atoms with van der Waals surface area (Å²) in [6, 6.07) is 7.02. The van der Waals surface area contributed by atoms with E-state index in [2.05, 4.69) is 34.9 Å². The first kappa shape index (κ1) is 13.9. The normalized spacial score (nSPS) is 24.3. The maximum absolute atomic E-state index is 9.56. The molecule has 0 saturated carbocycles. The molecule has 3 rings (SSSR count). The Kier molecular flexibility index (Phi) is 4.24. The van der Waals surface area contributed by atoms with Gasteiger partial charge in [-0.3, -0.25) is 4.90 Å². The van der Waals surface area contributed by atoms with Crippen LogP contribution in [0.2, 0.25) is 0 Å². The number of aliphatic hydroxyl groups excluding tert-OH is 1. The van der Waals surface area contributed by atoms with Crippen LogP contribution in [0.3, 0.4) is 0 Å². The van der Waals surface area contributed by atoms with Crippen LogP contribution in [0.1, 0.15) is 17.5 Å². The molecular formula is C16H24N2O2. The molecule has 1 N–H and O–H groups in total. The zero-order chi connectivity index (χ0) is 13.9. The van der Waals surface area contributed by atoms with E-state index in [9.17, 15) is 5.11 Å². The number of nitrogens with zero attached hydrogens (tertiary/aromatic N) is 2. The first-order valence-corrected chi connectivity index (χ1v) is 7.55. The summed E-state index contributed by atoms with van der Waals surface area (Å²) >= 11 is 0. The van der Waals surface area contributed by atoms with E-state index in [0.717, 1.165) is 45.0 Å². The summed E-state index contributed by atoms with van der Waals surface area (Å²) in [5, 5.41) is 9.56. The van der Waals surface area contributed by atoms with E-state index in [0.29, 0.717) is 6.04 Å². The predicted octanol–water partition coefficient (Wildman–Crippen LogP) is 1.40. The molecule has 2 saturated heterocycles. The number of aliphatic hydroxyl groups is 1. The van der Waals surface area contributed by atoms with Crippen molar-refractivity contribution >= 4 is 5.69 Å². The number of benzene rings is 1. The molecule has 0 radical (unpaired) electrons. The fourth-order valence-corrected chi connectivity index (χ4v) is 3.35. The lowest BCUT2D eigenvalue weighted by Crippen LogP contribution is -2.44. The minimum absolute atomic E-state index is 0.121. The first-order chi connectivity index (χ1) is 9.78. The summed E-state index contributed by atoms with van der Waals surface area (Å²) in [5.41, 5.74) is 3.46. The van der Waals surface area contributed by atoms with Crippen molar-refractivity contribution in [3.63, 3.8) is 0 Å². The van der Waals surface area contributed by atoms with Gasteiger partial charge in [-0.05, 0) is 19.4 Å². The second kappa shape index (κ2) is 6.12. The maximum Gasteiger partial charge on any atom is 0.0702 e. The SMILES string of the molecule is Cc1ccc(N2CCC(N3CCOCC3)C2)c(CO)c1. The van der Waals surface area contributed by atoms with Crippen molar-refractivity contribution in [3.05, 3.63) is 29.3 Å². The molecule has 2 aliphatic heterocycles. The summed E-state index contributed by atoms with van der Waals surface area (Å²) in [4.78, 5) is 4.97. The second-order valence-corrected chi connectivity index (χ2v) is 5.83. The van der Waals surface area contributed by atoms with Gasteiger partial charge in [-0.25, -0.2) is 0 Å².